The Hall–Kier alpha value is -6.56. The molecule has 2 aromatic heterocycles. The lowest BCUT2D eigenvalue weighted by molar-refractivity contribution is 0.332. The van der Waals surface area contributed by atoms with Crippen LogP contribution in [0.4, 0.5) is 28.4 Å². The lowest BCUT2D eigenvalue weighted by Crippen LogP contribution is -2.40. The van der Waals surface area contributed by atoms with Gasteiger partial charge < -0.3 is 14.6 Å². The normalized spacial score (nSPS) is 17.2. The standard InChI is InChI=1S/C65H60BN2OS/c1-38-31-49-51(64(6,7)29-27-62(49,2)3)36-54(38)68-58-48-35-50-52(65(8,9)30-28-63(50,4)5)37-56(48)70-61(58)66-57-46(34-47-44-21-15-16-22-55(44)69-60(47)59(57)68)45-32-41-19-13-14-20-42(41)33-53(45)67-43-25-23-40(24-26-43)39-17-11-10-12-18-39/h10-26,31-37,67H,27-30H2,1-9H3. The minimum absolute atomic E-state index is 0.0216. The van der Waals surface area contributed by atoms with E-state index in [1.165, 1.54) is 106 Å². The van der Waals surface area contributed by atoms with Crippen LogP contribution in [-0.4, -0.2) is 7.28 Å². The first-order valence-electron chi connectivity index (χ1n) is 25.4. The number of hydrogen-bond acceptors (Lipinski definition) is 4. The van der Waals surface area contributed by atoms with E-state index < -0.39 is 0 Å². The molecule has 1 aliphatic heterocycles. The lowest BCUT2D eigenvalue weighted by Gasteiger charge is -2.43. The average Bonchev–Trinajstić information content (AvgIpc) is 3.91. The number of rotatable bonds is 5. The maximum Gasteiger partial charge on any atom is 0.212 e. The first-order valence-corrected chi connectivity index (χ1v) is 26.2. The second-order valence-corrected chi connectivity index (χ2v) is 24.5. The molecule has 0 amide bonds. The first kappa shape index (κ1) is 43.5. The molecule has 345 valence electrons. The Balaban J connectivity index is 1.12. The van der Waals surface area contributed by atoms with Crippen LogP contribution >= 0.6 is 11.3 Å². The summed E-state index contributed by atoms with van der Waals surface area (Å²) >= 11 is 1.95. The zero-order valence-electron chi connectivity index (χ0n) is 42.0. The van der Waals surface area contributed by atoms with E-state index >= 15 is 0 Å². The number of nitrogens with zero attached hydrogens (tertiary/aromatic N) is 1. The molecule has 13 rings (SSSR count). The van der Waals surface area contributed by atoms with Gasteiger partial charge in [0.25, 0.3) is 0 Å². The number of thiophene rings is 1. The van der Waals surface area contributed by atoms with E-state index in [1.54, 1.807) is 0 Å². The third kappa shape index (κ3) is 6.67. The van der Waals surface area contributed by atoms with Gasteiger partial charge in [-0.05, 0) is 174 Å². The number of hydrogen-bond donors (Lipinski definition) is 1. The molecule has 10 aromatic rings. The van der Waals surface area contributed by atoms with Gasteiger partial charge in [0.1, 0.15) is 5.58 Å². The smallest absolute Gasteiger partial charge is 0.212 e. The van der Waals surface area contributed by atoms with Crippen LogP contribution in [0.2, 0.25) is 0 Å². The number of fused-ring (bicyclic) bond motifs is 11. The zero-order chi connectivity index (χ0) is 48.1. The van der Waals surface area contributed by atoms with E-state index in [0.717, 1.165) is 51.0 Å². The number of nitrogens with one attached hydrogen (secondary N) is 1. The molecule has 5 heteroatoms. The van der Waals surface area contributed by atoms with Gasteiger partial charge in [-0.2, -0.15) is 0 Å². The minimum atomic E-state index is 0.0216. The molecular formula is C65H60BN2OS. The van der Waals surface area contributed by atoms with Crippen LogP contribution in [0.1, 0.15) is 109 Å². The number of benzene rings is 8. The third-order valence-electron chi connectivity index (χ3n) is 16.9. The van der Waals surface area contributed by atoms with Crippen LogP contribution in [0.3, 0.4) is 0 Å². The predicted molar refractivity (Wildman–Crippen MR) is 302 cm³/mol. The molecule has 1 N–H and O–H groups in total. The van der Waals surface area contributed by atoms with Crippen molar-refractivity contribution in [2.75, 3.05) is 10.2 Å². The zero-order valence-corrected chi connectivity index (χ0v) is 42.8. The van der Waals surface area contributed by atoms with Crippen LogP contribution in [-0.2, 0) is 21.7 Å². The fourth-order valence-corrected chi connectivity index (χ4v) is 13.6. The summed E-state index contributed by atoms with van der Waals surface area (Å²) in [6.45, 7) is 22.0. The van der Waals surface area contributed by atoms with Crippen molar-refractivity contribution < 1.29 is 4.42 Å². The molecule has 0 spiro atoms. The molecule has 3 aliphatic rings. The third-order valence-corrected chi connectivity index (χ3v) is 18.0. The largest absolute Gasteiger partial charge is 0.454 e. The Morgan fingerprint density at radius 1 is 0.529 bits per heavy atom. The van der Waals surface area contributed by atoms with Crippen molar-refractivity contribution in [1.29, 1.82) is 0 Å². The van der Waals surface area contributed by atoms with E-state index in [9.17, 15) is 0 Å². The Bertz CT molecular complexity index is 3790. The van der Waals surface area contributed by atoms with E-state index in [4.69, 9.17) is 4.42 Å². The highest BCUT2D eigenvalue weighted by Gasteiger charge is 2.42. The topological polar surface area (TPSA) is 28.4 Å². The molecule has 0 unspecified atom stereocenters. The molecule has 8 aromatic carbocycles. The second-order valence-electron chi connectivity index (χ2n) is 23.4. The molecule has 70 heavy (non-hydrogen) atoms. The fourth-order valence-electron chi connectivity index (χ4n) is 12.5. The lowest BCUT2D eigenvalue weighted by atomic mass is 9.61. The van der Waals surface area contributed by atoms with Crippen LogP contribution in [0, 0.1) is 6.92 Å². The fraction of sp³-hybridized carbons (Fsp3) is 0.262. The van der Waals surface area contributed by atoms with Crippen molar-refractivity contribution in [1.82, 2.24) is 0 Å². The predicted octanol–water partition coefficient (Wildman–Crippen LogP) is 17.5. The summed E-state index contributed by atoms with van der Waals surface area (Å²) in [7, 11) is 2.51. The molecule has 3 heterocycles. The van der Waals surface area contributed by atoms with Crippen molar-refractivity contribution in [3.63, 3.8) is 0 Å². The quantitative estimate of drug-likeness (QED) is 0.174. The molecule has 0 saturated carbocycles. The van der Waals surface area contributed by atoms with Crippen molar-refractivity contribution in [3.05, 3.63) is 173 Å². The molecule has 0 fully saturated rings. The second kappa shape index (κ2) is 15.2. The Labute approximate surface area is 417 Å². The highest BCUT2D eigenvalue weighted by Crippen LogP contribution is 2.55. The van der Waals surface area contributed by atoms with E-state index in [2.05, 4.69) is 225 Å². The number of aryl methyl sites for hydroxylation is 1. The monoisotopic (exact) mass is 927 g/mol. The van der Waals surface area contributed by atoms with Crippen LogP contribution in [0.15, 0.2) is 150 Å². The van der Waals surface area contributed by atoms with Crippen molar-refractivity contribution in [2.24, 2.45) is 0 Å². The van der Waals surface area contributed by atoms with Gasteiger partial charge in [-0.1, -0.05) is 146 Å². The SMILES string of the molecule is Cc1cc2c(cc1N1c3c(sc4cc5c(cc34)C(C)(C)CCC5(C)C)[B]c3c(-c4cc5ccccc5cc4Nc4ccc(-c5ccccc5)cc4)cc4c(oc5ccccc54)c31)C(C)(C)CCC2(C)C. The molecule has 2 aliphatic carbocycles. The van der Waals surface area contributed by atoms with Gasteiger partial charge >= 0.3 is 0 Å². The summed E-state index contributed by atoms with van der Waals surface area (Å²) in [4.78, 5) is 2.66. The summed E-state index contributed by atoms with van der Waals surface area (Å²) < 4.78 is 9.87. The van der Waals surface area contributed by atoms with Gasteiger partial charge in [0.05, 0.1) is 11.4 Å². The summed E-state index contributed by atoms with van der Waals surface area (Å²) in [5.74, 6) is 0. The van der Waals surface area contributed by atoms with Gasteiger partial charge in [-0.15, -0.1) is 11.3 Å². The number of furan rings is 1. The summed E-state index contributed by atoms with van der Waals surface area (Å²) in [5.41, 5.74) is 20.9. The summed E-state index contributed by atoms with van der Waals surface area (Å²) in [5, 5.41) is 9.93. The van der Waals surface area contributed by atoms with Gasteiger partial charge in [0.2, 0.25) is 7.28 Å². The van der Waals surface area contributed by atoms with E-state index in [1.807, 2.05) is 11.3 Å². The Kier molecular flexibility index (Phi) is 9.45. The molecule has 0 atom stereocenters. The molecule has 3 nitrogen and oxygen atoms in total. The Morgan fingerprint density at radius 2 is 1.11 bits per heavy atom. The average molecular weight is 928 g/mol. The maximum atomic E-state index is 7.24. The van der Waals surface area contributed by atoms with Crippen molar-refractivity contribution in [2.45, 2.75) is 110 Å². The molecule has 0 bridgehead atoms. The van der Waals surface area contributed by atoms with Crippen LogP contribution < -0.4 is 20.5 Å². The summed E-state index contributed by atoms with van der Waals surface area (Å²) in [6, 6.07) is 54.4. The Morgan fingerprint density at radius 3 is 1.81 bits per heavy atom. The molecule has 0 saturated heterocycles. The van der Waals surface area contributed by atoms with E-state index in [0.29, 0.717) is 0 Å². The van der Waals surface area contributed by atoms with Crippen LogP contribution in [0.25, 0.3) is 65.1 Å². The number of anilines is 5. The van der Waals surface area contributed by atoms with Gasteiger partial charge in [0.15, 0.2) is 5.58 Å². The maximum absolute atomic E-state index is 7.24. The summed E-state index contributed by atoms with van der Waals surface area (Å²) in [6.07, 6.45) is 4.67. The van der Waals surface area contributed by atoms with Crippen molar-refractivity contribution >= 4 is 100 Å². The van der Waals surface area contributed by atoms with Crippen LogP contribution in [0.5, 0.6) is 0 Å². The van der Waals surface area contributed by atoms with Crippen molar-refractivity contribution in [3.8, 4) is 22.3 Å². The first-order chi connectivity index (χ1) is 33.5. The minimum Gasteiger partial charge on any atom is -0.454 e. The highest BCUT2D eigenvalue weighted by atomic mass is 32.1. The van der Waals surface area contributed by atoms with Gasteiger partial charge in [-0.25, -0.2) is 0 Å². The molecule has 1 radical (unpaired) electrons. The van der Waals surface area contributed by atoms with Gasteiger partial charge in [-0.3, -0.25) is 0 Å². The van der Waals surface area contributed by atoms with Gasteiger partial charge in [0, 0.05) is 43.5 Å². The highest BCUT2D eigenvalue weighted by molar-refractivity contribution is 7.29. The van der Waals surface area contributed by atoms with E-state index in [-0.39, 0.29) is 21.7 Å². The molecular weight excluding hydrogens is 868 g/mol. The number of para-hydroxylation sites is 1.